The van der Waals surface area contributed by atoms with Gasteiger partial charge in [-0.2, -0.15) is 4.98 Å². The third-order valence-electron chi connectivity index (χ3n) is 4.08. The molecule has 3 N–H and O–H groups in total. The van der Waals surface area contributed by atoms with Crippen molar-refractivity contribution in [3.63, 3.8) is 0 Å². The highest BCUT2D eigenvalue weighted by Gasteiger charge is 2.20. The first-order chi connectivity index (χ1) is 10.8. The second-order valence-corrected chi connectivity index (χ2v) is 5.82. The van der Waals surface area contributed by atoms with Crippen LogP contribution in [0.5, 0.6) is 0 Å². The summed E-state index contributed by atoms with van der Waals surface area (Å²) in [5.41, 5.74) is 7.10. The van der Waals surface area contributed by atoms with E-state index in [1.165, 1.54) is 18.5 Å². The van der Waals surface area contributed by atoms with Gasteiger partial charge >= 0.3 is 0 Å². The third-order valence-corrected chi connectivity index (χ3v) is 4.08. The molecule has 1 saturated heterocycles. The van der Waals surface area contributed by atoms with Crippen LogP contribution in [-0.2, 0) is 6.42 Å². The SMILES string of the molecule is Nc1ccnc(N[C@H]2CCCN(CCc3ccccc3)C2)n1. The Hall–Kier alpha value is -2.14. The Morgan fingerprint density at radius 2 is 2.09 bits per heavy atom. The third kappa shape index (κ3) is 4.18. The van der Waals surface area contributed by atoms with Gasteiger partial charge in [-0.15, -0.1) is 0 Å². The summed E-state index contributed by atoms with van der Waals surface area (Å²) in [7, 11) is 0. The molecule has 0 amide bonds. The minimum atomic E-state index is 0.395. The summed E-state index contributed by atoms with van der Waals surface area (Å²) in [4.78, 5) is 11.0. The van der Waals surface area contributed by atoms with Gasteiger partial charge in [-0.05, 0) is 37.4 Å². The van der Waals surface area contributed by atoms with Gasteiger partial charge in [-0.1, -0.05) is 30.3 Å². The Bertz CT molecular complexity index is 587. The summed E-state index contributed by atoms with van der Waals surface area (Å²) in [6.07, 6.45) is 5.15. The highest BCUT2D eigenvalue weighted by atomic mass is 15.2. The van der Waals surface area contributed by atoms with Crippen molar-refractivity contribution in [1.29, 1.82) is 0 Å². The minimum Gasteiger partial charge on any atom is -0.384 e. The minimum absolute atomic E-state index is 0.395. The molecule has 5 nitrogen and oxygen atoms in total. The molecule has 1 fully saturated rings. The monoisotopic (exact) mass is 297 g/mol. The van der Waals surface area contributed by atoms with Crippen LogP contribution >= 0.6 is 0 Å². The second kappa shape index (κ2) is 7.22. The number of nitrogens with one attached hydrogen (secondary N) is 1. The zero-order chi connectivity index (χ0) is 15.2. The lowest BCUT2D eigenvalue weighted by molar-refractivity contribution is 0.218. The highest BCUT2D eigenvalue weighted by Crippen LogP contribution is 2.15. The molecule has 22 heavy (non-hydrogen) atoms. The highest BCUT2D eigenvalue weighted by molar-refractivity contribution is 5.35. The molecule has 0 aliphatic carbocycles. The maximum atomic E-state index is 5.70. The largest absolute Gasteiger partial charge is 0.384 e. The predicted molar refractivity (Wildman–Crippen MR) is 89.7 cm³/mol. The van der Waals surface area contributed by atoms with E-state index in [4.69, 9.17) is 5.73 Å². The smallest absolute Gasteiger partial charge is 0.224 e. The molecule has 1 aliphatic heterocycles. The van der Waals surface area contributed by atoms with E-state index in [1.807, 2.05) is 0 Å². The van der Waals surface area contributed by atoms with Crippen LogP contribution in [0, 0.1) is 0 Å². The number of nitrogens with two attached hydrogens (primary N) is 1. The van der Waals surface area contributed by atoms with E-state index >= 15 is 0 Å². The molecule has 0 radical (unpaired) electrons. The van der Waals surface area contributed by atoms with Crippen molar-refractivity contribution in [3.05, 3.63) is 48.2 Å². The average Bonchev–Trinajstić information content (AvgIpc) is 2.54. The van der Waals surface area contributed by atoms with Gasteiger partial charge in [0, 0.05) is 25.3 Å². The first kappa shape index (κ1) is 14.8. The Balaban J connectivity index is 1.51. The quantitative estimate of drug-likeness (QED) is 0.885. The molecule has 2 aromatic rings. The molecule has 5 heteroatoms. The van der Waals surface area contributed by atoms with E-state index in [0.29, 0.717) is 17.8 Å². The fraction of sp³-hybridized carbons (Fsp3) is 0.412. The van der Waals surface area contributed by atoms with Gasteiger partial charge in [0.15, 0.2) is 0 Å². The lowest BCUT2D eigenvalue weighted by Crippen LogP contribution is -2.43. The zero-order valence-electron chi connectivity index (χ0n) is 12.8. The molecule has 0 spiro atoms. The van der Waals surface area contributed by atoms with Crippen molar-refractivity contribution >= 4 is 11.8 Å². The van der Waals surface area contributed by atoms with Crippen LogP contribution in [-0.4, -0.2) is 40.5 Å². The van der Waals surface area contributed by atoms with Gasteiger partial charge in [0.2, 0.25) is 5.95 Å². The fourth-order valence-corrected chi connectivity index (χ4v) is 2.93. The van der Waals surface area contributed by atoms with Crippen molar-refractivity contribution in [2.45, 2.75) is 25.3 Å². The maximum Gasteiger partial charge on any atom is 0.224 e. The molecule has 1 aliphatic rings. The fourth-order valence-electron chi connectivity index (χ4n) is 2.93. The Labute approximate surface area is 131 Å². The van der Waals surface area contributed by atoms with Gasteiger partial charge in [-0.25, -0.2) is 4.98 Å². The number of nitrogen functional groups attached to an aromatic ring is 1. The number of aromatic nitrogens is 2. The van der Waals surface area contributed by atoms with E-state index in [1.54, 1.807) is 12.3 Å². The second-order valence-electron chi connectivity index (χ2n) is 5.82. The molecule has 116 valence electrons. The van der Waals surface area contributed by atoms with Crippen molar-refractivity contribution in [1.82, 2.24) is 14.9 Å². The van der Waals surface area contributed by atoms with Crippen LogP contribution in [0.3, 0.4) is 0 Å². The van der Waals surface area contributed by atoms with Gasteiger partial charge in [0.25, 0.3) is 0 Å². The van der Waals surface area contributed by atoms with Gasteiger partial charge < -0.3 is 16.0 Å². The number of likely N-dealkylation sites (tertiary alicyclic amines) is 1. The number of benzene rings is 1. The van der Waals surface area contributed by atoms with E-state index in [9.17, 15) is 0 Å². The molecule has 0 unspecified atom stereocenters. The Morgan fingerprint density at radius 1 is 1.23 bits per heavy atom. The summed E-state index contributed by atoms with van der Waals surface area (Å²) in [5, 5.41) is 3.41. The number of piperidine rings is 1. The van der Waals surface area contributed by atoms with Crippen LogP contribution in [0.4, 0.5) is 11.8 Å². The van der Waals surface area contributed by atoms with Gasteiger partial charge in [-0.3, -0.25) is 0 Å². The number of hydrogen-bond donors (Lipinski definition) is 2. The molecule has 1 atom stereocenters. The van der Waals surface area contributed by atoms with Crippen LogP contribution in [0.1, 0.15) is 18.4 Å². The summed E-state index contributed by atoms with van der Waals surface area (Å²) < 4.78 is 0. The van der Waals surface area contributed by atoms with E-state index in [2.05, 4.69) is 50.5 Å². The van der Waals surface area contributed by atoms with Crippen LogP contribution < -0.4 is 11.1 Å². The summed E-state index contributed by atoms with van der Waals surface area (Å²) in [6, 6.07) is 12.8. The van der Waals surface area contributed by atoms with Crippen LogP contribution in [0.15, 0.2) is 42.6 Å². The Morgan fingerprint density at radius 3 is 2.91 bits per heavy atom. The zero-order valence-corrected chi connectivity index (χ0v) is 12.8. The molecule has 0 bridgehead atoms. The Kier molecular flexibility index (Phi) is 4.85. The molecule has 2 heterocycles. The molecular formula is C17H23N5. The summed E-state index contributed by atoms with van der Waals surface area (Å²) >= 11 is 0. The first-order valence-electron chi connectivity index (χ1n) is 7.91. The van der Waals surface area contributed by atoms with Gasteiger partial charge in [0.05, 0.1) is 0 Å². The normalized spacial score (nSPS) is 19.0. The summed E-state index contributed by atoms with van der Waals surface area (Å²) in [6.45, 7) is 3.30. The maximum absolute atomic E-state index is 5.70. The van der Waals surface area contributed by atoms with E-state index in [-0.39, 0.29) is 0 Å². The number of nitrogens with zero attached hydrogens (tertiary/aromatic N) is 3. The van der Waals surface area contributed by atoms with Gasteiger partial charge in [0.1, 0.15) is 5.82 Å². The number of hydrogen-bond acceptors (Lipinski definition) is 5. The molecule has 0 saturated carbocycles. The molecular weight excluding hydrogens is 274 g/mol. The number of anilines is 2. The molecule has 3 rings (SSSR count). The van der Waals surface area contributed by atoms with Crippen molar-refractivity contribution in [2.75, 3.05) is 30.7 Å². The standard InChI is InChI=1S/C17H23N5/c18-16-8-10-19-17(21-16)20-15-7-4-11-22(13-15)12-9-14-5-2-1-3-6-14/h1-3,5-6,8,10,15H,4,7,9,11-13H2,(H3,18,19,20,21)/t15-/m0/s1. The molecule has 1 aromatic carbocycles. The predicted octanol–water partition coefficient (Wildman–Crippen LogP) is 2.18. The lowest BCUT2D eigenvalue weighted by Gasteiger charge is -2.33. The van der Waals surface area contributed by atoms with E-state index < -0.39 is 0 Å². The summed E-state index contributed by atoms with van der Waals surface area (Å²) in [5.74, 6) is 1.14. The van der Waals surface area contributed by atoms with E-state index in [0.717, 1.165) is 25.9 Å². The van der Waals surface area contributed by atoms with Crippen molar-refractivity contribution in [3.8, 4) is 0 Å². The molecule has 1 aromatic heterocycles. The first-order valence-corrected chi connectivity index (χ1v) is 7.91. The topological polar surface area (TPSA) is 67.1 Å². The van der Waals surface area contributed by atoms with Crippen LogP contribution in [0.2, 0.25) is 0 Å². The van der Waals surface area contributed by atoms with Crippen LogP contribution in [0.25, 0.3) is 0 Å². The number of rotatable bonds is 5. The van der Waals surface area contributed by atoms with Crippen molar-refractivity contribution < 1.29 is 0 Å². The van der Waals surface area contributed by atoms with Crippen molar-refractivity contribution in [2.24, 2.45) is 0 Å². The lowest BCUT2D eigenvalue weighted by atomic mass is 10.0. The average molecular weight is 297 g/mol.